The van der Waals surface area contributed by atoms with E-state index in [9.17, 15) is 22.4 Å². The maximum atomic E-state index is 14.6. The van der Waals surface area contributed by atoms with E-state index in [4.69, 9.17) is 9.47 Å². The molecule has 10 heteroatoms. The first kappa shape index (κ1) is 23.6. The first-order valence-corrected chi connectivity index (χ1v) is 10.5. The van der Waals surface area contributed by atoms with Gasteiger partial charge in [0.1, 0.15) is 6.10 Å². The van der Waals surface area contributed by atoms with Gasteiger partial charge in [-0.15, -0.1) is 0 Å². The van der Waals surface area contributed by atoms with E-state index in [2.05, 4.69) is 17.2 Å². The molecule has 1 aromatic heterocycles. The zero-order valence-corrected chi connectivity index (χ0v) is 18.0. The molecule has 2 aliphatic rings. The van der Waals surface area contributed by atoms with Gasteiger partial charge in [-0.25, -0.2) is 4.39 Å². The number of nitrogens with one attached hydrogen (secondary N) is 1. The van der Waals surface area contributed by atoms with Crippen LogP contribution in [0.15, 0.2) is 6.07 Å². The van der Waals surface area contributed by atoms with Crippen LogP contribution in [-0.2, 0) is 11.3 Å². The molecule has 1 aliphatic carbocycles. The summed E-state index contributed by atoms with van der Waals surface area (Å²) in [5.41, 5.74) is 0.357. The number of methoxy groups -OCH3 is 1. The third kappa shape index (κ3) is 5.78. The Balaban J connectivity index is 1.60. The topological polar surface area (TPSA) is 63.7 Å². The molecule has 1 aliphatic heterocycles. The number of likely N-dealkylation sites (tertiary alicyclic amines) is 1. The molecule has 2 fully saturated rings. The second-order valence-electron chi connectivity index (χ2n) is 8.59. The Bertz CT molecular complexity index is 782. The summed E-state index contributed by atoms with van der Waals surface area (Å²) >= 11 is 0. The average molecular weight is 447 g/mol. The number of aromatic nitrogens is 1. The molecule has 0 aromatic carbocycles. The lowest BCUT2D eigenvalue weighted by Gasteiger charge is -2.30. The minimum atomic E-state index is -4.21. The molecular weight excluding hydrogens is 418 g/mol. The molecule has 174 valence electrons. The summed E-state index contributed by atoms with van der Waals surface area (Å²) in [6.07, 6.45) is -3.73. The van der Waals surface area contributed by atoms with Crippen molar-refractivity contribution in [1.29, 1.82) is 0 Å². The van der Waals surface area contributed by atoms with E-state index in [1.54, 1.807) is 0 Å². The predicted octanol–water partition coefficient (Wildman–Crippen LogP) is 3.69. The highest BCUT2D eigenvalue weighted by atomic mass is 19.4. The third-order valence-corrected chi connectivity index (χ3v) is 6.10. The molecule has 3 rings (SSSR count). The molecule has 2 heterocycles. The summed E-state index contributed by atoms with van der Waals surface area (Å²) in [4.78, 5) is 18.5. The largest absolute Gasteiger partial charge is 0.481 e. The zero-order valence-electron chi connectivity index (χ0n) is 18.0. The van der Waals surface area contributed by atoms with Crippen LogP contribution < -0.4 is 14.8 Å². The summed E-state index contributed by atoms with van der Waals surface area (Å²) in [5, 5.41) is 2.80. The highest BCUT2D eigenvalue weighted by Gasteiger charge is 2.42. The standard InChI is InChI=1S/C21H29F4N3O3/c1-12-8-17(28(2)11-12)18(29)26-10-13-9-16(22)20(27-19(13)30-3)31-15-6-4-14(5-7-15)21(23,24)25/h9,12,14-15,17H,4-8,10-11H2,1-3H3,(H,26,29)/t12-,14?,15?,17+/m1/s1. The van der Waals surface area contributed by atoms with Gasteiger partial charge in [0, 0.05) is 18.7 Å². The Hall–Kier alpha value is -2.10. The highest BCUT2D eigenvalue weighted by Crippen LogP contribution is 2.38. The van der Waals surface area contributed by atoms with Crippen LogP contribution in [-0.4, -0.2) is 54.8 Å². The van der Waals surface area contributed by atoms with Gasteiger partial charge in [-0.3, -0.25) is 9.69 Å². The van der Waals surface area contributed by atoms with Crippen LogP contribution in [0.1, 0.15) is 44.6 Å². The lowest BCUT2D eigenvalue weighted by molar-refractivity contribution is -0.185. The summed E-state index contributed by atoms with van der Waals surface area (Å²) < 4.78 is 63.8. The Morgan fingerprint density at radius 2 is 1.94 bits per heavy atom. The van der Waals surface area contributed by atoms with Crippen LogP contribution in [0.4, 0.5) is 17.6 Å². The van der Waals surface area contributed by atoms with Crippen molar-refractivity contribution in [2.24, 2.45) is 11.8 Å². The van der Waals surface area contributed by atoms with E-state index in [0.29, 0.717) is 11.5 Å². The minimum Gasteiger partial charge on any atom is -0.481 e. The number of ether oxygens (including phenoxy) is 2. The van der Waals surface area contributed by atoms with Gasteiger partial charge in [-0.1, -0.05) is 6.92 Å². The Labute approximate surface area is 179 Å². The molecule has 0 spiro atoms. The number of carbonyl (C=O) groups is 1. The van der Waals surface area contributed by atoms with Gasteiger partial charge in [0.2, 0.25) is 11.8 Å². The Kier molecular flexibility index (Phi) is 7.28. The zero-order chi connectivity index (χ0) is 22.8. The van der Waals surface area contributed by atoms with Crippen molar-refractivity contribution >= 4 is 5.91 Å². The molecule has 31 heavy (non-hydrogen) atoms. The molecule has 1 saturated carbocycles. The van der Waals surface area contributed by atoms with E-state index < -0.39 is 24.0 Å². The maximum Gasteiger partial charge on any atom is 0.391 e. The molecule has 2 atom stereocenters. The van der Waals surface area contributed by atoms with E-state index >= 15 is 0 Å². The van der Waals surface area contributed by atoms with Crippen LogP contribution >= 0.6 is 0 Å². The van der Waals surface area contributed by atoms with Gasteiger partial charge in [0.15, 0.2) is 5.82 Å². The molecule has 1 aromatic rings. The number of rotatable bonds is 6. The maximum absolute atomic E-state index is 14.6. The smallest absolute Gasteiger partial charge is 0.391 e. The van der Waals surface area contributed by atoms with Crippen LogP contribution in [0.2, 0.25) is 0 Å². The fourth-order valence-corrected chi connectivity index (χ4v) is 4.41. The van der Waals surface area contributed by atoms with Gasteiger partial charge in [-0.05, 0) is 51.1 Å². The van der Waals surface area contributed by atoms with Crippen LogP contribution in [0.5, 0.6) is 11.8 Å². The summed E-state index contributed by atoms with van der Waals surface area (Å²) in [6, 6.07) is 0.956. The first-order chi connectivity index (χ1) is 14.6. The molecular formula is C21H29F4N3O3. The highest BCUT2D eigenvalue weighted by molar-refractivity contribution is 5.82. The van der Waals surface area contributed by atoms with Gasteiger partial charge >= 0.3 is 6.18 Å². The second kappa shape index (κ2) is 9.58. The van der Waals surface area contributed by atoms with Crippen molar-refractivity contribution in [1.82, 2.24) is 15.2 Å². The molecule has 6 nitrogen and oxygen atoms in total. The van der Waals surface area contributed by atoms with Gasteiger partial charge in [0.05, 0.1) is 19.1 Å². The van der Waals surface area contributed by atoms with Crippen molar-refractivity contribution in [2.45, 2.75) is 63.9 Å². The minimum absolute atomic E-state index is 0.0433. The fourth-order valence-electron chi connectivity index (χ4n) is 4.41. The molecule has 1 amide bonds. The quantitative estimate of drug-likeness (QED) is 0.674. The average Bonchev–Trinajstić information content (AvgIpc) is 3.05. The van der Waals surface area contributed by atoms with E-state index in [1.807, 2.05) is 11.9 Å². The molecule has 1 N–H and O–H groups in total. The van der Waals surface area contributed by atoms with Crippen molar-refractivity contribution in [2.75, 3.05) is 20.7 Å². The molecule has 1 saturated heterocycles. The Morgan fingerprint density at radius 3 is 2.48 bits per heavy atom. The first-order valence-electron chi connectivity index (χ1n) is 10.5. The molecule has 0 radical (unpaired) electrons. The number of alkyl halides is 3. The molecule has 0 unspecified atom stereocenters. The summed E-state index contributed by atoms with van der Waals surface area (Å²) in [5.74, 6) is -1.99. The third-order valence-electron chi connectivity index (χ3n) is 6.10. The number of halogens is 4. The second-order valence-corrected chi connectivity index (χ2v) is 8.59. The summed E-state index contributed by atoms with van der Waals surface area (Å²) in [6.45, 7) is 2.97. The normalized spacial score (nSPS) is 27.2. The fraction of sp³-hybridized carbons (Fsp3) is 0.714. The monoisotopic (exact) mass is 447 g/mol. The van der Waals surface area contributed by atoms with Gasteiger partial charge in [0.25, 0.3) is 5.88 Å². The number of pyridine rings is 1. The number of likely N-dealkylation sites (N-methyl/N-ethyl adjacent to an activating group) is 1. The number of nitrogens with zero attached hydrogens (tertiary/aromatic N) is 2. The number of hydrogen-bond donors (Lipinski definition) is 1. The molecule has 0 bridgehead atoms. The SMILES string of the molecule is COc1nc(OC2CCC(C(F)(F)F)CC2)c(F)cc1CNC(=O)[C@@H]1C[C@@H](C)CN1C. The van der Waals surface area contributed by atoms with Crippen molar-refractivity contribution in [3.8, 4) is 11.8 Å². The van der Waals surface area contributed by atoms with Crippen LogP contribution in [0.25, 0.3) is 0 Å². The Morgan fingerprint density at radius 1 is 1.26 bits per heavy atom. The van der Waals surface area contributed by atoms with Gasteiger partial charge in [-0.2, -0.15) is 18.2 Å². The van der Waals surface area contributed by atoms with Crippen LogP contribution in [0, 0.1) is 17.7 Å². The van der Waals surface area contributed by atoms with E-state index in [-0.39, 0.29) is 55.9 Å². The van der Waals surface area contributed by atoms with Crippen molar-refractivity contribution in [3.05, 3.63) is 17.4 Å². The number of carbonyl (C=O) groups excluding carboxylic acids is 1. The van der Waals surface area contributed by atoms with Crippen molar-refractivity contribution < 1.29 is 31.8 Å². The predicted molar refractivity (Wildman–Crippen MR) is 105 cm³/mol. The lowest BCUT2D eigenvalue weighted by atomic mass is 9.87. The van der Waals surface area contributed by atoms with Crippen LogP contribution in [0.3, 0.4) is 0 Å². The van der Waals surface area contributed by atoms with Crippen molar-refractivity contribution in [3.63, 3.8) is 0 Å². The van der Waals surface area contributed by atoms with E-state index in [1.165, 1.54) is 13.2 Å². The number of hydrogen-bond acceptors (Lipinski definition) is 5. The van der Waals surface area contributed by atoms with E-state index in [0.717, 1.165) is 13.0 Å². The summed E-state index contributed by atoms with van der Waals surface area (Å²) in [7, 11) is 3.26. The lowest BCUT2D eigenvalue weighted by Crippen LogP contribution is -2.41. The number of amides is 1. The van der Waals surface area contributed by atoms with Gasteiger partial charge < -0.3 is 14.8 Å².